The van der Waals surface area contributed by atoms with Crippen LogP contribution in [-0.2, 0) is 16.0 Å². The van der Waals surface area contributed by atoms with Crippen molar-refractivity contribution in [2.75, 3.05) is 27.3 Å². The Morgan fingerprint density at radius 1 is 1.37 bits per heavy atom. The van der Waals surface area contributed by atoms with Crippen molar-refractivity contribution >= 4 is 5.97 Å². The molecule has 0 aromatic heterocycles. The van der Waals surface area contributed by atoms with E-state index in [4.69, 9.17) is 9.47 Å². The molecule has 104 valence electrons. The maximum atomic E-state index is 11.8. The van der Waals surface area contributed by atoms with Gasteiger partial charge in [0.2, 0.25) is 0 Å². The molecule has 19 heavy (non-hydrogen) atoms. The van der Waals surface area contributed by atoms with Gasteiger partial charge in [-0.3, -0.25) is 4.79 Å². The lowest BCUT2D eigenvalue weighted by Crippen LogP contribution is -2.35. The molecule has 0 radical (unpaired) electrons. The highest BCUT2D eigenvalue weighted by atomic mass is 16.5. The first-order valence-electron chi connectivity index (χ1n) is 6.50. The molecule has 0 amide bonds. The molecule has 4 nitrogen and oxygen atoms in total. The van der Waals surface area contributed by atoms with Crippen LogP contribution in [0.25, 0.3) is 0 Å². The van der Waals surface area contributed by atoms with Gasteiger partial charge in [0.25, 0.3) is 0 Å². The smallest absolute Gasteiger partial charge is 0.310 e. The molecule has 0 spiro atoms. The van der Waals surface area contributed by atoms with Gasteiger partial charge in [0, 0.05) is 13.1 Å². The minimum atomic E-state index is -0.124. The van der Waals surface area contributed by atoms with Crippen LogP contribution in [0.15, 0.2) is 24.3 Å². The van der Waals surface area contributed by atoms with E-state index >= 15 is 0 Å². The van der Waals surface area contributed by atoms with E-state index in [1.807, 2.05) is 12.1 Å². The second-order valence-electron chi connectivity index (χ2n) is 5.39. The van der Waals surface area contributed by atoms with Gasteiger partial charge >= 0.3 is 5.97 Å². The van der Waals surface area contributed by atoms with E-state index < -0.39 is 0 Å². The van der Waals surface area contributed by atoms with Crippen LogP contribution in [0.5, 0.6) is 5.75 Å². The van der Waals surface area contributed by atoms with Crippen LogP contribution in [0.2, 0.25) is 0 Å². The van der Waals surface area contributed by atoms with Crippen LogP contribution in [0.4, 0.5) is 0 Å². The lowest BCUT2D eigenvalue weighted by atomic mass is 9.75. The number of hydrogen-bond donors (Lipinski definition) is 1. The zero-order chi connectivity index (χ0) is 13.9. The van der Waals surface area contributed by atoms with Crippen molar-refractivity contribution < 1.29 is 14.3 Å². The summed E-state index contributed by atoms with van der Waals surface area (Å²) >= 11 is 0. The molecule has 2 unspecified atom stereocenters. The third kappa shape index (κ3) is 2.89. The van der Waals surface area contributed by atoms with Crippen LogP contribution >= 0.6 is 0 Å². The number of carbonyl (C=O) groups is 1. The number of carbonyl (C=O) groups excluding carboxylic acids is 1. The summed E-state index contributed by atoms with van der Waals surface area (Å²) in [6, 6.07) is 8.01. The number of ether oxygens (including phenoxy) is 2. The number of nitrogens with one attached hydrogen (secondary N) is 1. The van der Waals surface area contributed by atoms with Crippen molar-refractivity contribution in [2.45, 2.75) is 13.3 Å². The summed E-state index contributed by atoms with van der Waals surface area (Å²) < 4.78 is 10.1. The highest BCUT2D eigenvalue weighted by molar-refractivity contribution is 5.74. The third-order valence-electron chi connectivity index (χ3n) is 3.97. The molecule has 1 aliphatic rings. The van der Waals surface area contributed by atoms with Crippen molar-refractivity contribution in [3.8, 4) is 5.75 Å². The molecule has 4 heteroatoms. The fourth-order valence-electron chi connectivity index (χ4n) is 2.78. The summed E-state index contributed by atoms with van der Waals surface area (Å²) in [7, 11) is 3.11. The van der Waals surface area contributed by atoms with Gasteiger partial charge < -0.3 is 14.8 Å². The highest BCUT2D eigenvalue weighted by Crippen LogP contribution is 2.35. The lowest BCUT2D eigenvalue weighted by Gasteiger charge is -2.28. The summed E-state index contributed by atoms with van der Waals surface area (Å²) in [5, 5.41) is 3.30. The number of esters is 1. The first kappa shape index (κ1) is 13.9. The fraction of sp³-hybridized carbons (Fsp3) is 0.533. The van der Waals surface area contributed by atoms with Crippen LogP contribution in [0.1, 0.15) is 12.5 Å². The van der Waals surface area contributed by atoms with Gasteiger partial charge in [0.05, 0.1) is 20.1 Å². The van der Waals surface area contributed by atoms with Crippen molar-refractivity contribution in [1.82, 2.24) is 5.32 Å². The standard InChI is InChI=1S/C15H21NO3/c1-15(10-16-9-13(15)14(17)19-3)8-11-4-6-12(18-2)7-5-11/h4-7,13,16H,8-10H2,1-3H3. The van der Waals surface area contributed by atoms with Gasteiger partial charge in [-0.15, -0.1) is 0 Å². The Balaban J connectivity index is 2.13. The van der Waals surface area contributed by atoms with Gasteiger partial charge in [-0.05, 0) is 29.5 Å². The van der Waals surface area contributed by atoms with Gasteiger partial charge in [0.15, 0.2) is 0 Å². The van der Waals surface area contributed by atoms with Crippen LogP contribution in [-0.4, -0.2) is 33.3 Å². The van der Waals surface area contributed by atoms with E-state index in [1.165, 1.54) is 12.7 Å². The van der Waals surface area contributed by atoms with Crippen LogP contribution in [0.3, 0.4) is 0 Å². The summed E-state index contributed by atoms with van der Waals surface area (Å²) in [4.78, 5) is 11.8. The molecular weight excluding hydrogens is 242 g/mol. The quantitative estimate of drug-likeness (QED) is 0.839. The van der Waals surface area contributed by atoms with Gasteiger partial charge in [-0.1, -0.05) is 19.1 Å². The average Bonchev–Trinajstić information content (AvgIpc) is 2.80. The Kier molecular flexibility index (Phi) is 4.10. The number of methoxy groups -OCH3 is 2. The first-order valence-corrected chi connectivity index (χ1v) is 6.50. The molecule has 1 saturated heterocycles. The summed E-state index contributed by atoms with van der Waals surface area (Å²) in [5.41, 5.74) is 1.11. The molecular formula is C15H21NO3. The van der Waals surface area contributed by atoms with Gasteiger partial charge in [-0.25, -0.2) is 0 Å². The molecule has 0 bridgehead atoms. The first-order chi connectivity index (χ1) is 9.09. The third-order valence-corrected chi connectivity index (χ3v) is 3.97. The zero-order valence-corrected chi connectivity index (χ0v) is 11.7. The Labute approximate surface area is 114 Å². The van der Waals surface area contributed by atoms with Crippen LogP contribution in [0, 0.1) is 11.3 Å². The molecule has 1 aliphatic heterocycles. The summed E-state index contributed by atoms with van der Waals surface area (Å²) in [6.07, 6.45) is 0.851. The Bertz CT molecular complexity index is 443. The summed E-state index contributed by atoms with van der Waals surface area (Å²) in [5.74, 6) is 0.642. The maximum Gasteiger partial charge on any atom is 0.310 e. The van der Waals surface area contributed by atoms with E-state index in [0.29, 0.717) is 6.54 Å². The summed E-state index contributed by atoms with van der Waals surface area (Å²) in [6.45, 7) is 3.66. The predicted octanol–water partition coefficient (Wildman–Crippen LogP) is 1.64. The highest BCUT2D eigenvalue weighted by Gasteiger charge is 2.43. The van der Waals surface area contributed by atoms with E-state index in [0.717, 1.165) is 18.7 Å². The second kappa shape index (κ2) is 5.61. The van der Waals surface area contributed by atoms with E-state index in [2.05, 4.69) is 24.4 Å². The normalized spacial score (nSPS) is 26.2. The maximum absolute atomic E-state index is 11.8. The Hall–Kier alpha value is -1.55. The Morgan fingerprint density at radius 3 is 2.63 bits per heavy atom. The second-order valence-corrected chi connectivity index (χ2v) is 5.39. The van der Waals surface area contributed by atoms with E-state index in [-0.39, 0.29) is 17.3 Å². The van der Waals surface area contributed by atoms with Crippen LogP contribution < -0.4 is 10.1 Å². The van der Waals surface area contributed by atoms with Crippen molar-refractivity contribution in [1.29, 1.82) is 0 Å². The number of benzene rings is 1. The monoisotopic (exact) mass is 263 g/mol. The molecule has 0 saturated carbocycles. The topological polar surface area (TPSA) is 47.6 Å². The zero-order valence-electron chi connectivity index (χ0n) is 11.7. The molecule has 2 rings (SSSR count). The number of hydrogen-bond acceptors (Lipinski definition) is 4. The largest absolute Gasteiger partial charge is 0.497 e. The fourth-order valence-corrected chi connectivity index (χ4v) is 2.78. The van der Waals surface area contributed by atoms with Crippen molar-refractivity contribution in [3.63, 3.8) is 0 Å². The molecule has 1 N–H and O–H groups in total. The predicted molar refractivity (Wildman–Crippen MR) is 73.2 cm³/mol. The molecule has 1 heterocycles. The van der Waals surface area contributed by atoms with E-state index in [1.54, 1.807) is 7.11 Å². The molecule has 0 aliphatic carbocycles. The molecule has 1 aromatic carbocycles. The molecule has 1 aromatic rings. The Morgan fingerprint density at radius 2 is 2.05 bits per heavy atom. The van der Waals surface area contributed by atoms with Crippen molar-refractivity contribution in [2.24, 2.45) is 11.3 Å². The average molecular weight is 263 g/mol. The minimum Gasteiger partial charge on any atom is -0.497 e. The van der Waals surface area contributed by atoms with Crippen molar-refractivity contribution in [3.05, 3.63) is 29.8 Å². The van der Waals surface area contributed by atoms with E-state index in [9.17, 15) is 4.79 Å². The number of rotatable bonds is 4. The SMILES string of the molecule is COC(=O)C1CNCC1(C)Cc1ccc(OC)cc1. The molecule has 2 atom stereocenters. The minimum absolute atomic E-state index is 0.0837. The lowest BCUT2D eigenvalue weighted by molar-refractivity contribution is -0.148. The van der Waals surface area contributed by atoms with Gasteiger partial charge in [-0.2, -0.15) is 0 Å². The van der Waals surface area contributed by atoms with Gasteiger partial charge in [0.1, 0.15) is 5.75 Å². The molecule has 1 fully saturated rings.